The predicted molar refractivity (Wildman–Crippen MR) is 98.2 cm³/mol. The molecule has 2 N–H and O–H groups in total. The highest BCUT2D eigenvalue weighted by Gasteiger charge is 2.12. The smallest absolute Gasteiger partial charge is 0.274 e. The standard InChI is InChI=1S/C18H20BrN3O2/c1-11(2)10-21-17(23)13-6-7-20-16(8-13)18(24)22-14-5-4-12(3)15(19)9-14/h4-9,11H,10H2,1-3H3,(H,21,23)(H,22,24). The molecule has 24 heavy (non-hydrogen) atoms. The van der Waals surface area contributed by atoms with Crippen molar-refractivity contribution < 1.29 is 9.59 Å². The number of amides is 2. The number of aromatic nitrogens is 1. The second-order valence-electron chi connectivity index (χ2n) is 5.95. The molecule has 2 aromatic rings. The van der Waals surface area contributed by atoms with E-state index < -0.39 is 0 Å². The molecule has 0 aliphatic rings. The van der Waals surface area contributed by atoms with Gasteiger partial charge in [0.1, 0.15) is 5.69 Å². The zero-order chi connectivity index (χ0) is 17.7. The number of aryl methyl sites for hydroxylation is 1. The molecule has 1 aromatic heterocycles. The highest BCUT2D eigenvalue weighted by Crippen LogP contribution is 2.21. The maximum Gasteiger partial charge on any atom is 0.274 e. The summed E-state index contributed by atoms with van der Waals surface area (Å²) in [5.74, 6) is -0.207. The third-order valence-corrected chi connectivity index (χ3v) is 4.21. The Hall–Kier alpha value is -2.21. The lowest BCUT2D eigenvalue weighted by molar-refractivity contribution is 0.0949. The van der Waals surface area contributed by atoms with Gasteiger partial charge in [-0.2, -0.15) is 0 Å². The van der Waals surface area contributed by atoms with Gasteiger partial charge in [-0.15, -0.1) is 0 Å². The van der Waals surface area contributed by atoms with Crippen LogP contribution in [0.2, 0.25) is 0 Å². The van der Waals surface area contributed by atoms with Gasteiger partial charge < -0.3 is 10.6 Å². The quantitative estimate of drug-likeness (QED) is 0.816. The van der Waals surface area contributed by atoms with E-state index in [1.807, 2.05) is 39.0 Å². The number of nitrogens with zero attached hydrogens (tertiary/aromatic N) is 1. The zero-order valence-corrected chi connectivity index (χ0v) is 15.5. The van der Waals surface area contributed by atoms with Gasteiger partial charge in [0, 0.05) is 28.5 Å². The molecular formula is C18H20BrN3O2. The monoisotopic (exact) mass is 389 g/mol. The first-order valence-electron chi connectivity index (χ1n) is 7.68. The van der Waals surface area contributed by atoms with Crippen molar-refractivity contribution >= 4 is 33.4 Å². The third-order valence-electron chi connectivity index (χ3n) is 3.36. The summed E-state index contributed by atoms with van der Waals surface area (Å²) in [6.07, 6.45) is 1.46. The van der Waals surface area contributed by atoms with Crippen LogP contribution in [-0.2, 0) is 0 Å². The molecule has 0 bridgehead atoms. The van der Waals surface area contributed by atoms with Crippen LogP contribution in [0.3, 0.4) is 0 Å². The minimum atomic E-state index is -0.357. The van der Waals surface area contributed by atoms with Crippen LogP contribution in [-0.4, -0.2) is 23.3 Å². The van der Waals surface area contributed by atoms with E-state index in [0.29, 0.717) is 23.7 Å². The molecule has 6 heteroatoms. The number of halogens is 1. The fourth-order valence-corrected chi connectivity index (χ4v) is 2.34. The van der Waals surface area contributed by atoms with Gasteiger partial charge in [0.15, 0.2) is 0 Å². The average Bonchev–Trinajstić information content (AvgIpc) is 2.56. The maximum absolute atomic E-state index is 12.3. The molecule has 2 rings (SSSR count). The van der Waals surface area contributed by atoms with E-state index in [1.165, 1.54) is 12.3 Å². The number of benzene rings is 1. The molecule has 0 fully saturated rings. The summed E-state index contributed by atoms with van der Waals surface area (Å²) in [4.78, 5) is 28.5. The Morgan fingerprint density at radius 2 is 1.92 bits per heavy atom. The second-order valence-corrected chi connectivity index (χ2v) is 6.81. The molecule has 0 aliphatic heterocycles. The lowest BCUT2D eigenvalue weighted by atomic mass is 10.1. The van der Waals surface area contributed by atoms with Gasteiger partial charge in [-0.1, -0.05) is 35.8 Å². The predicted octanol–water partition coefficient (Wildman–Crippen LogP) is 3.79. The van der Waals surface area contributed by atoms with E-state index >= 15 is 0 Å². The average molecular weight is 390 g/mol. The van der Waals surface area contributed by atoms with Crippen molar-refractivity contribution in [3.05, 3.63) is 57.8 Å². The van der Waals surface area contributed by atoms with Crippen molar-refractivity contribution in [3.63, 3.8) is 0 Å². The van der Waals surface area contributed by atoms with Crippen LogP contribution in [0.15, 0.2) is 41.0 Å². The summed E-state index contributed by atoms with van der Waals surface area (Å²) in [6, 6.07) is 8.63. The number of pyridine rings is 1. The zero-order valence-electron chi connectivity index (χ0n) is 13.9. The summed E-state index contributed by atoms with van der Waals surface area (Å²) >= 11 is 3.43. The van der Waals surface area contributed by atoms with Crippen LogP contribution in [0.5, 0.6) is 0 Å². The molecule has 1 heterocycles. The van der Waals surface area contributed by atoms with Crippen molar-refractivity contribution in [2.75, 3.05) is 11.9 Å². The number of carbonyl (C=O) groups is 2. The van der Waals surface area contributed by atoms with Crippen molar-refractivity contribution in [1.82, 2.24) is 10.3 Å². The van der Waals surface area contributed by atoms with Crippen LogP contribution in [0.25, 0.3) is 0 Å². The van der Waals surface area contributed by atoms with E-state index in [9.17, 15) is 9.59 Å². The van der Waals surface area contributed by atoms with Crippen LogP contribution in [0, 0.1) is 12.8 Å². The van der Waals surface area contributed by atoms with E-state index in [2.05, 4.69) is 31.5 Å². The number of nitrogens with one attached hydrogen (secondary N) is 2. The molecule has 0 spiro atoms. The van der Waals surface area contributed by atoms with Gasteiger partial charge >= 0.3 is 0 Å². The van der Waals surface area contributed by atoms with Gasteiger partial charge in [-0.05, 0) is 42.7 Å². The minimum Gasteiger partial charge on any atom is -0.352 e. The molecule has 0 radical (unpaired) electrons. The van der Waals surface area contributed by atoms with Crippen molar-refractivity contribution in [2.24, 2.45) is 5.92 Å². The fraction of sp³-hybridized carbons (Fsp3) is 0.278. The van der Waals surface area contributed by atoms with Gasteiger partial charge in [0.25, 0.3) is 11.8 Å². The second kappa shape index (κ2) is 8.06. The van der Waals surface area contributed by atoms with Crippen LogP contribution < -0.4 is 10.6 Å². The molecule has 5 nitrogen and oxygen atoms in total. The van der Waals surface area contributed by atoms with Crippen LogP contribution in [0.4, 0.5) is 5.69 Å². The SMILES string of the molecule is Cc1ccc(NC(=O)c2cc(C(=O)NCC(C)C)ccn2)cc1Br. The molecule has 2 amide bonds. The minimum absolute atomic E-state index is 0.198. The topological polar surface area (TPSA) is 71.1 Å². The Bertz CT molecular complexity index is 760. The highest BCUT2D eigenvalue weighted by molar-refractivity contribution is 9.10. The van der Waals surface area contributed by atoms with E-state index in [1.54, 1.807) is 6.07 Å². The number of carbonyl (C=O) groups excluding carboxylic acids is 2. The number of hydrogen-bond donors (Lipinski definition) is 2. The van der Waals surface area contributed by atoms with E-state index in [-0.39, 0.29) is 17.5 Å². The van der Waals surface area contributed by atoms with Crippen molar-refractivity contribution in [2.45, 2.75) is 20.8 Å². The van der Waals surface area contributed by atoms with Gasteiger partial charge in [-0.3, -0.25) is 14.6 Å². The molecule has 1 aromatic carbocycles. The Labute approximate surface area is 150 Å². The highest BCUT2D eigenvalue weighted by atomic mass is 79.9. The van der Waals surface area contributed by atoms with E-state index in [4.69, 9.17) is 0 Å². The molecule has 0 unspecified atom stereocenters. The Morgan fingerprint density at radius 1 is 1.17 bits per heavy atom. The number of rotatable bonds is 5. The van der Waals surface area contributed by atoms with Gasteiger partial charge in [-0.25, -0.2) is 0 Å². The first kappa shape index (κ1) is 18.1. The van der Waals surface area contributed by atoms with Crippen LogP contribution in [0.1, 0.15) is 40.3 Å². The van der Waals surface area contributed by atoms with Crippen molar-refractivity contribution in [3.8, 4) is 0 Å². The Kier molecular flexibility index (Phi) is 6.09. The summed E-state index contributed by atoms with van der Waals surface area (Å²) in [7, 11) is 0. The summed E-state index contributed by atoms with van der Waals surface area (Å²) < 4.78 is 0.912. The van der Waals surface area contributed by atoms with Crippen LogP contribution >= 0.6 is 15.9 Å². The molecule has 0 atom stereocenters. The van der Waals surface area contributed by atoms with Gasteiger partial charge in [0.05, 0.1) is 0 Å². The number of hydrogen-bond acceptors (Lipinski definition) is 3. The first-order chi connectivity index (χ1) is 11.4. The summed E-state index contributed by atoms with van der Waals surface area (Å²) in [6.45, 7) is 6.59. The van der Waals surface area contributed by atoms with Gasteiger partial charge in [0.2, 0.25) is 0 Å². The normalized spacial score (nSPS) is 10.5. The third kappa shape index (κ3) is 4.89. The summed E-state index contributed by atoms with van der Waals surface area (Å²) in [5.41, 5.74) is 2.36. The first-order valence-corrected chi connectivity index (χ1v) is 8.48. The molecule has 0 aliphatic carbocycles. The van der Waals surface area contributed by atoms with Crippen molar-refractivity contribution in [1.29, 1.82) is 0 Å². The van der Waals surface area contributed by atoms with E-state index in [0.717, 1.165) is 10.0 Å². The molecule has 0 saturated carbocycles. The molecule has 0 saturated heterocycles. The largest absolute Gasteiger partial charge is 0.352 e. The lowest BCUT2D eigenvalue weighted by Crippen LogP contribution is -2.27. The summed E-state index contributed by atoms with van der Waals surface area (Å²) in [5, 5.41) is 5.60. The number of anilines is 1. The Balaban J connectivity index is 2.11. The maximum atomic E-state index is 12.3. The molecular weight excluding hydrogens is 370 g/mol. The molecule has 126 valence electrons. The lowest BCUT2D eigenvalue weighted by Gasteiger charge is -2.09. The Morgan fingerprint density at radius 3 is 2.58 bits per heavy atom. The fourth-order valence-electron chi connectivity index (χ4n) is 1.96.